The molecule has 60 valence electrons. The summed E-state index contributed by atoms with van der Waals surface area (Å²) in [6, 6.07) is 3.57. The number of ether oxygens (including phenoxy) is 1. The third kappa shape index (κ3) is 1.59. The lowest BCUT2D eigenvalue weighted by Gasteiger charge is -2.27. The van der Waals surface area contributed by atoms with Crippen LogP contribution in [0.1, 0.15) is 0 Å². The molecule has 2 rings (SSSR count). The highest BCUT2D eigenvalue weighted by Gasteiger charge is 2.18. The molecule has 0 aromatic carbocycles. The van der Waals surface area contributed by atoms with Gasteiger partial charge in [0.05, 0.1) is 0 Å². The van der Waals surface area contributed by atoms with Gasteiger partial charge in [0, 0.05) is 19.3 Å². The smallest absolute Gasteiger partial charge is 0.213 e. The zero-order valence-corrected chi connectivity index (χ0v) is 6.66. The Kier molecular flexibility index (Phi) is 2.00. The molecule has 1 saturated heterocycles. The van der Waals surface area contributed by atoms with Crippen LogP contribution in [0.25, 0.3) is 0 Å². The molecule has 0 spiro atoms. The van der Waals surface area contributed by atoms with Gasteiger partial charge in [0.25, 0.3) is 0 Å². The Morgan fingerprint density at radius 2 is 2.33 bits per heavy atom. The molecule has 2 heterocycles. The molecule has 1 fully saturated rings. The number of hydrogen-bond acceptors (Lipinski definition) is 3. The van der Waals surface area contributed by atoms with E-state index in [0.29, 0.717) is 11.3 Å². The van der Waals surface area contributed by atoms with Crippen LogP contribution >= 0.6 is 0 Å². The molecule has 1 aromatic rings. The maximum atomic E-state index is 5.48. The second-order valence-electron chi connectivity index (χ2n) is 2.83. The van der Waals surface area contributed by atoms with Gasteiger partial charge in [-0.1, -0.05) is 11.5 Å². The van der Waals surface area contributed by atoms with Crippen molar-refractivity contribution in [2.75, 3.05) is 13.1 Å². The number of aromatic nitrogens is 1. The van der Waals surface area contributed by atoms with Gasteiger partial charge in [-0.25, -0.2) is 4.98 Å². The van der Waals surface area contributed by atoms with Crippen molar-refractivity contribution >= 4 is 13.3 Å². The largest absolute Gasteiger partial charge is 0.472 e. The third-order valence-electron chi connectivity index (χ3n) is 1.79. The summed E-state index contributed by atoms with van der Waals surface area (Å²) in [7, 11) is 5.47. The van der Waals surface area contributed by atoms with Gasteiger partial charge in [-0.3, -0.25) is 0 Å². The summed E-state index contributed by atoms with van der Waals surface area (Å²) in [5.41, 5.74) is 0.661. The molecule has 12 heavy (non-hydrogen) atoms. The maximum absolute atomic E-state index is 5.48. The Morgan fingerprint density at radius 1 is 1.50 bits per heavy atom. The second-order valence-corrected chi connectivity index (χ2v) is 2.83. The van der Waals surface area contributed by atoms with E-state index in [9.17, 15) is 0 Å². The lowest BCUT2D eigenvalue weighted by atomic mass is 9.99. The van der Waals surface area contributed by atoms with Crippen LogP contribution in [0.3, 0.4) is 0 Å². The van der Waals surface area contributed by atoms with E-state index < -0.39 is 0 Å². The summed E-state index contributed by atoms with van der Waals surface area (Å²) < 4.78 is 5.48. The Bertz CT molecular complexity index is 258. The van der Waals surface area contributed by atoms with E-state index in [0.717, 1.165) is 13.1 Å². The van der Waals surface area contributed by atoms with E-state index >= 15 is 0 Å². The van der Waals surface area contributed by atoms with Gasteiger partial charge in [-0.2, -0.15) is 0 Å². The van der Waals surface area contributed by atoms with Gasteiger partial charge in [0.2, 0.25) is 5.88 Å². The van der Waals surface area contributed by atoms with Gasteiger partial charge >= 0.3 is 0 Å². The van der Waals surface area contributed by atoms with Crippen LogP contribution in [0.15, 0.2) is 18.3 Å². The maximum Gasteiger partial charge on any atom is 0.213 e. The Hall–Kier alpha value is -1.03. The molecule has 0 unspecified atom stereocenters. The zero-order valence-electron chi connectivity index (χ0n) is 6.66. The predicted octanol–water partition coefficient (Wildman–Crippen LogP) is -0.774. The van der Waals surface area contributed by atoms with Crippen molar-refractivity contribution in [3.8, 4) is 5.88 Å². The average Bonchev–Trinajstić information content (AvgIpc) is 2.00. The summed E-state index contributed by atoms with van der Waals surface area (Å²) >= 11 is 0. The minimum absolute atomic E-state index is 0.279. The molecular weight excluding hydrogens is 151 g/mol. The molecular formula is C8H9BN2O. The fraction of sp³-hybridized carbons (Fsp3) is 0.375. The Balaban J connectivity index is 1.98. The first-order valence-corrected chi connectivity index (χ1v) is 3.93. The van der Waals surface area contributed by atoms with Gasteiger partial charge in [-0.05, 0) is 6.07 Å². The molecule has 0 aliphatic carbocycles. The van der Waals surface area contributed by atoms with Crippen molar-refractivity contribution in [3.05, 3.63) is 18.3 Å². The summed E-state index contributed by atoms with van der Waals surface area (Å²) in [5.74, 6) is 0.649. The Labute approximate surface area is 72.6 Å². The quantitative estimate of drug-likeness (QED) is 0.576. The van der Waals surface area contributed by atoms with Crippen molar-refractivity contribution in [2.45, 2.75) is 6.10 Å². The summed E-state index contributed by atoms with van der Waals surface area (Å²) in [6.45, 7) is 1.82. The van der Waals surface area contributed by atoms with E-state index in [1.807, 2.05) is 0 Å². The van der Waals surface area contributed by atoms with E-state index in [4.69, 9.17) is 12.6 Å². The first kappa shape index (κ1) is 7.62. The van der Waals surface area contributed by atoms with Crippen molar-refractivity contribution in [1.82, 2.24) is 10.3 Å². The molecule has 0 saturated carbocycles. The van der Waals surface area contributed by atoms with Gasteiger partial charge < -0.3 is 10.1 Å². The van der Waals surface area contributed by atoms with Crippen molar-refractivity contribution in [3.63, 3.8) is 0 Å². The number of hydrogen-bond donors (Lipinski definition) is 1. The second kappa shape index (κ2) is 3.15. The van der Waals surface area contributed by atoms with Crippen LogP contribution < -0.4 is 15.5 Å². The minimum atomic E-state index is 0.279. The van der Waals surface area contributed by atoms with E-state index in [1.54, 1.807) is 18.3 Å². The minimum Gasteiger partial charge on any atom is -0.472 e. The molecule has 0 amide bonds. The SMILES string of the molecule is [B]c1ccc(OC2CNC2)nc1. The molecule has 1 aromatic heterocycles. The Morgan fingerprint density at radius 3 is 2.83 bits per heavy atom. The van der Waals surface area contributed by atoms with E-state index in [-0.39, 0.29) is 6.10 Å². The first-order chi connectivity index (χ1) is 5.84. The molecule has 1 aliphatic heterocycles. The van der Waals surface area contributed by atoms with Gasteiger partial charge in [-0.15, -0.1) is 0 Å². The molecule has 3 nitrogen and oxygen atoms in total. The van der Waals surface area contributed by atoms with Crippen LogP contribution in [-0.4, -0.2) is 32.0 Å². The average molecular weight is 160 g/mol. The number of pyridine rings is 1. The van der Waals surface area contributed by atoms with E-state index in [1.165, 1.54) is 0 Å². The van der Waals surface area contributed by atoms with Crippen molar-refractivity contribution in [2.24, 2.45) is 0 Å². The van der Waals surface area contributed by atoms with Gasteiger partial charge in [0.1, 0.15) is 14.0 Å². The predicted molar refractivity (Wildman–Crippen MR) is 46.9 cm³/mol. The molecule has 0 bridgehead atoms. The molecule has 2 radical (unpaired) electrons. The highest BCUT2D eigenvalue weighted by atomic mass is 16.5. The van der Waals surface area contributed by atoms with Crippen LogP contribution in [-0.2, 0) is 0 Å². The lowest BCUT2D eigenvalue weighted by Crippen LogP contribution is -2.50. The van der Waals surface area contributed by atoms with Crippen molar-refractivity contribution < 1.29 is 4.74 Å². The molecule has 1 N–H and O–H groups in total. The number of nitrogens with one attached hydrogen (secondary N) is 1. The number of nitrogens with zero attached hydrogens (tertiary/aromatic N) is 1. The normalized spacial score (nSPS) is 17.0. The molecule has 1 aliphatic rings. The van der Waals surface area contributed by atoms with Crippen LogP contribution in [0, 0.1) is 0 Å². The fourth-order valence-corrected chi connectivity index (χ4v) is 0.978. The van der Waals surface area contributed by atoms with Crippen molar-refractivity contribution in [1.29, 1.82) is 0 Å². The zero-order chi connectivity index (χ0) is 8.39. The van der Waals surface area contributed by atoms with Gasteiger partial charge in [0.15, 0.2) is 0 Å². The third-order valence-corrected chi connectivity index (χ3v) is 1.79. The summed E-state index contributed by atoms with van der Waals surface area (Å²) in [5, 5.41) is 3.12. The number of rotatable bonds is 2. The lowest BCUT2D eigenvalue weighted by molar-refractivity contribution is 0.136. The summed E-state index contributed by atoms with van der Waals surface area (Å²) in [4.78, 5) is 4.03. The van der Waals surface area contributed by atoms with Crippen LogP contribution in [0.5, 0.6) is 5.88 Å². The monoisotopic (exact) mass is 160 g/mol. The highest BCUT2D eigenvalue weighted by Crippen LogP contribution is 2.07. The standard InChI is InChI=1S/C8H9BN2O/c9-6-1-2-8(11-3-6)12-7-4-10-5-7/h1-3,7,10H,4-5H2. The topological polar surface area (TPSA) is 34.1 Å². The van der Waals surface area contributed by atoms with E-state index in [2.05, 4.69) is 10.3 Å². The molecule has 4 heteroatoms. The highest BCUT2D eigenvalue weighted by molar-refractivity contribution is 6.32. The van der Waals surface area contributed by atoms with Crippen LogP contribution in [0.2, 0.25) is 0 Å². The first-order valence-electron chi connectivity index (χ1n) is 3.93. The fourth-order valence-electron chi connectivity index (χ4n) is 0.978. The molecule has 0 atom stereocenters. The van der Waals surface area contributed by atoms with Crippen LogP contribution in [0.4, 0.5) is 0 Å². The summed E-state index contributed by atoms with van der Waals surface area (Å²) in [6.07, 6.45) is 1.88.